The van der Waals surface area contributed by atoms with E-state index >= 15 is 0 Å². The highest BCUT2D eigenvalue weighted by atomic mass is 16.5. The number of hydrogen-bond acceptors (Lipinski definition) is 7. The Labute approximate surface area is 181 Å². The van der Waals surface area contributed by atoms with Crippen molar-refractivity contribution >= 4 is 5.97 Å². The number of carbonyl (C=O) groups excluding carboxylic acids is 1. The Morgan fingerprint density at radius 3 is 2.06 bits per heavy atom. The van der Waals surface area contributed by atoms with Crippen molar-refractivity contribution in [2.75, 3.05) is 28.4 Å². The van der Waals surface area contributed by atoms with E-state index in [0.29, 0.717) is 40.7 Å². The molecule has 1 heterocycles. The molecular weight excluding hydrogens is 398 g/mol. The summed E-state index contributed by atoms with van der Waals surface area (Å²) in [5, 5.41) is 0. The minimum absolute atomic E-state index is 0.367. The lowest BCUT2D eigenvalue weighted by atomic mass is 9.97. The summed E-state index contributed by atoms with van der Waals surface area (Å²) >= 11 is 0. The molecule has 1 aromatic heterocycles. The summed E-state index contributed by atoms with van der Waals surface area (Å²) in [6.45, 7) is 1.91. The van der Waals surface area contributed by atoms with Crippen LogP contribution in [-0.4, -0.2) is 39.4 Å². The first kappa shape index (κ1) is 22.0. The van der Waals surface area contributed by atoms with Crippen LogP contribution in [0.2, 0.25) is 0 Å². The van der Waals surface area contributed by atoms with Gasteiger partial charge in [0.1, 0.15) is 0 Å². The molecule has 0 saturated carbocycles. The molecule has 0 aliphatic carbocycles. The van der Waals surface area contributed by atoms with Gasteiger partial charge in [0.15, 0.2) is 17.2 Å². The number of nitrogens with zero attached hydrogens (tertiary/aromatic N) is 1. The predicted octanol–water partition coefficient (Wildman–Crippen LogP) is 4.23. The van der Waals surface area contributed by atoms with Crippen LogP contribution in [0.4, 0.5) is 0 Å². The van der Waals surface area contributed by atoms with Crippen molar-refractivity contribution in [1.82, 2.24) is 4.98 Å². The van der Waals surface area contributed by atoms with E-state index in [2.05, 4.69) is 4.98 Å². The first-order valence-corrected chi connectivity index (χ1v) is 9.61. The van der Waals surface area contributed by atoms with Crippen molar-refractivity contribution in [3.05, 3.63) is 71.0 Å². The van der Waals surface area contributed by atoms with E-state index in [1.54, 1.807) is 65.0 Å². The molecule has 7 nitrogen and oxygen atoms in total. The van der Waals surface area contributed by atoms with E-state index < -0.39 is 5.97 Å². The lowest BCUT2D eigenvalue weighted by Crippen LogP contribution is -2.11. The van der Waals surface area contributed by atoms with Gasteiger partial charge in [0.2, 0.25) is 11.5 Å². The number of hydrogen-bond donors (Lipinski definition) is 0. The first-order chi connectivity index (χ1) is 15.0. The molecule has 0 radical (unpaired) electrons. The lowest BCUT2D eigenvalue weighted by Gasteiger charge is -2.22. The van der Waals surface area contributed by atoms with Crippen molar-refractivity contribution in [3.8, 4) is 28.7 Å². The van der Waals surface area contributed by atoms with Crippen LogP contribution in [0, 0.1) is 6.92 Å². The van der Waals surface area contributed by atoms with Gasteiger partial charge in [-0.15, -0.1) is 0 Å². The molecule has 0 N–H and O–H groups in total. The van der Waals surface area contributed by atoms with Gasteiger partial charge in [-0.1, -0.05) is 18.2 Å². The van der Waals surface area contributed by atoms with Gasteiger partial charge in [-0.05, 0) is 25.1 Å². The average Bonchev–Trinajstić information content (AvgIpc) is 2.81. The number of rotatable bonds is 8. The van der Waals surface area contributed by atoms with Crippen LogP contribution in [0.1, 0.15) is 27.0 Å². The van der Waals surface area contributed by atoms with Gasteiger partial charge in [-0.3, -0.25) is 4.98 Å². The lowest BCUT2D eigenvalue weighted by molar-refractivity contribution is 0.0732. The van der Waals surface area contributed by atoms with E-state index in [4.69, 9.17) is 23.7 Å². The van der Waals surface area contributed by atoms with Crippen molar-refractivity contribution in [2.45, 2.75) is 13.3 Å². The Hall–Kier alpha value is -3.74. The molecule has 7 heteroatoms. The zero-order valence-electron chi connectivity index (χ0n) is 18.2. The van der Waals surface area contributed by atoms with Crippen LogP contribution in [0.5, 0.6) is 28.7 Å². The van der Waals surface area contributed by atoms with Crippen LogP contribution >= 0.6 is 0 Å². The highest BCUT2D eigenvalue weighted by Crippen LogP contribution is 2.50. The first-order valence-electron chi connectivity index (χ1n) is 9.61. The third-order valence-electron chi connectivity index (χ3n) is 4.95. The zero-order chi connectivity index (χ0) is 22.4. The van der Waals surface area contributed by atoms with Crippen LogP contribution in [-0.2, 0) is 6.42 Å². The second kappa shape index (κ2) is 9.84. The summed E-state index contributed by atoms with van der Waals surface area (Å²) in [4.78, 5) is 16.7. The fourth-order valence-corrected chi connectivity index (χ4v) is 3.44. The van der Waals surface area contributed by atoms with Gasteiger partial charge in [0.05, 0.1) is 40.2 Å². The van der Waals surface area contributed by atoms with Gasteiger partial charge >= 0.3 is 5.97 Å². The summed E-state index contributed by atoms with van der Waals surface area (Å²) in [6.07, 6.45) is 3.57. The fraction of sp³-hybridized carbons (Fsp3) is 0.250. The van der Waals surface area contributed by atoms with Crippen LogP contribution in [0.15, 0.2) is 48.8 Å². The van der Waals surface area contributed by atoms with E-state index in [9.17, 15) is 4.79 Å². The largest absolute Gasteiger partial charge is 0.492 e. The molecule has 3 aromatic rings. The summed E-state index contributed by atoms with van der Waals surface area (Å²) < 4.78 is 28.0. The van der Waals surface area contributed by atoms with Crippen molar-refractivity contribution in [1.29, 1.82) is 0 Å². The highest BCUT2D eigenvalue weighted by Gasteiger charge is 2.26. The number of benzene rings is 2. The summed E-state index contributed by atoms with van der Waals surface area (Å²) in [7, 11) is 6.22. The van der Waals surface area contributed by atoms with Gasteiger partial charge in [0, 0.05) is 29.3 Å². The molecule has 0 aliphatic heterocycles. The maximum absolute atomic E-state index is 12.6. The van der Waals surface area contributed by atoms with Gasteiger partial charge in [-0.2, -0.15) is 0 Å². The standard InChI is InChI=1S/C24H25NO6/c1-15-18(21(28-3)23(30-5)22(29-4)20(15)27-2)13-17-11-12-25-14-19(17)31-24(26)16-9-7-6-8-10-16/h6-12,14H,13H2,1-5H3. The van der Waals surface area contributed by atoms with Crippen LogP contribution < -0.4 is 23.7 Å². The number of methoxy groups -OCH3 is 4. The molecule has 0 atom stereocenters. The van der Waals surface area contributed by atoms with Gasteiger partial charge in [-0.25, -0.2) is 4.79 Å². The topological polar surface area (TPSA) is 76.1 Å². The molecule has 0 fully saturated rings. The Kier molecular flexibility index (Phi) is 6.97. The van der Waals surface area contributed by atoms with E-state index in [1.807, 2.05) is 13.0 Å². The van der Waals surface area contributed by atoms with Crippen molar-refractivity contribution in [2.24, 2.45) is 0 Å². The molecule has 0 saturated heterocycles. The maximum Gasteiger partial charge on any atom is 0.343 e. The minimum Gasteiger partial charge on any atom is -0.492 e. The summed E-state index contributed by atoms with van der Waals surface area (Å²) in [6, 6.07) is 10.6. The van der Waals surface area contributed by atoms with E-state index in [-0.39, 0.29) is 0 Å². The number of carbonyl (C=O) groups is 1. The number of esters is 1. The SMILES string of the molecule is COc1c(C)c(Cc2ccncc2OC(=O)c2ccccc2)c(OC)c(OC)c1OC. The van der Waals surface area contributed by atoms with Gasteiger partial charge in [0.25, 0.3) is 0 Å². The number of ether oxygens (including phenoxy) is 5. The Morgan fingerprint density at radius 2 is 1.45 bits per heavy atom. The molecule has 3 rings (SSSR count). The fourth-order valence-electron chi connectivity index (χ4n) is 3.44. The van der Waals surface area contributed by atoms with Crippen LogP contribution in [0.25, 0.3) is 0 Å². The van der Waals surface area contributed by atoms with Gasteiger partial charge < -0.3 is 23.7 Å². The zero-order valence-corrected chi connectivity index (χ0v) is 18.2. The Bertz CT molecular complexity index is 1070. The third-order valence-corrected chi connectivity index (χ3v) is 4.95. The van der Waals surface area contributed by atoms with Crippen LogP contribution in [0.3, 0.4) is 0 Å². The monoisotopic (exact) mass is 423 g/mol. The molecule has 2 aromatic carbocycles. The molecular formula is C24H25NO6. The molecule has 0 aliphatic rings. The van der Waals surface area contributed by atoms with E-state index in [1.165, 1.54) is 6.20 Å². The highest BCUT2D eigenvalue weighted by molar-refractivity contribution is 5.91. The minimum atomic E-state index is -0.455. The average molecular weight is 423 g/mol. The molecule has 0 unspecified atom stereocenters. The second-order valence-corrected chi connectivity index (χ2v) is 6.65. The van der Waals surface area contributed by atoms with Crippen molar-refractivity contribution in [3.63, 3.8) is 0 Å². The number of pyridine rings is 1. The maximum atomic E-state index is 12.6. The predicted molar refractivity (Wildman–Crippen MR) is 116 cm³/mol. The smallest absolute Gasteiger partial charge is 0.343 e. The molecule has 31 heavy (non-hydrogen) atoms. The Balaban J connectivity index is 2.05. The molecule has 0 spiro atoms. The molecule has 0 bridgehead atoms. The normalized spacial score (nSPS) is 10.4. The molecule has 0 amide bonds. The second-order valence-electron chi connectivity index (χ2n) is 6.65. The summed E-state index contributed by atoms with van der Waals surface area (Å²) in [5.41, 5.74) is 2.86. The molecule has 162 valence electrons. The van der Waals surface area contributed by atoms with Crippen molar-refractivity contribution < 1.29 is 28.5 Å². The summed E-state index contributed by atoms with van der Waals surface area (Å²) in [5.74, 6) is 1.87. The number of aromatic nitrogens is 1. The third kappa shape index (κ3) is 4.40. The Morgan fingerprint density at radius 1 is 0.839 bits per heavy atom. The van der Waals surface area contributed by atoms with E-state index in [0.717, 1.165) is 16.7 Å². The quantitative estimate of drug-likeness (QED) is 0.502.